The Kier molecular flexibility index (Phi) is 5.76. The topological polar surface area (TPSA) is 32.3 Å². The molecule has 23 heavy (non-hydrogen) atoms. The van der Waals surface area contributed by atoms with Gasteiger partial charge in [-0.1, -0.05) is 40.9 Å². The number of likely N-dealkylation sites (tertiary alicyclic amines) is 1. The number of carbonyl (C=O) groups excluding carboxylic acids is 1. The van der Waals surface area contributed by atoms with E-state index in [-0.39, 0.29) is 11.8 Å². The fourth-order valence-electron chi connectivity index (χ4n) is 4.00. The van der Waals surface area contributed by atoms with Crippen LogP contribution in [-0.4, -0.2) is 36.0 Å². The minimum absolute atomic E-state index is 0.0933. The summed E-state index contributed by atoms with van der Waals surface area (Å²) in [6, 6.07) is 8.96. The molecular weight excluding hydrogens is 352 g/mol. The van der Waals surface area contributed by atoms with Crippen molar-refractivity contribution in [2.24, 2.45) is 0 Å². The number of nitrogens with one attached hydrogen (secondary N) is 1. The van der Waals surface area contributed by atoms with Gasteiger partial charge in [-0.3, -0.25) is 9.69 Å². The molecule has 3 atom stereocenters. The highest BCUT2D eigenvalue weighted by atomic mass is 79.9. The normalized spacial score (nSPS) is 26.9. The second kappa shape index (κ2) is 7.80. The molecule has 0 bridgehead atoms. The molecule has 1 aromatic carbocycles. The van der Waals surface area contributed by atoms with Gasteiger partial charge in [0.15, 0.2) is 0 Å². The van der Waals surface area contributed by atoms with E-state index < -0.39 is 0 Å². The summed E-state index contributed by atoms with van der Waals surface area (Å²) in [5.41, 5.74) is 1.08. The van der Waals surface area contributed by atoms with Crippen LogP contribution in [0.25, 0.3) is 0 Å². The maximum Gasteiger partial charge on any atom is 0.227 e. The van der Waals surface area contributed by atoms with Crippen molar-refractivity contribution in [2.75, 3.05) is 13.1 Å². The lowest BCUT2D eigenvalue weighted by molar-refractivity contribution is -0.123. The van der Waals surface area contributed by atoms with Gasteiger partial charge in [0.05, 0.1) is 5.92 Å². The number of hydrogen-bond acceptors (Lipinski definition) is 2. The van der Waals surface area contributed by atoms with Crippen molar-refractivity contribution in [3.05, 3.63) is 34.3 Å². The molecule has 1 heterocycles. The Morgan fingerprint density at radius 1 is 1.13 bits per heavy atom. The van der Waals surface area contributed by atoms with Crippen molar-refractivity contribution >= 4 is 21.8 Å². The number of halogens is 1. The van der Waals surface area contributed by atoms with Crippen LogP contribution < -0.4 is 5.32 Å². The van der Waals surface area contributed by atoms with E-state index in [4.69, 9.17) is 0 Å². The zero-order valence-corrected chi connectivity index (χ0v) is 15.5. The summed E-state index contributed by atoms with van der Waals surface area (Å²) >= 11 is 3.45. The molecule has 1 saturated carbocycles. The predicted octanol–water partition coefficient (Wildman–Crippen LogP) is 4.08. The standard InChI is InChI=1S/C19H27BrN2O/c1-14(15-8-10-16(20)11-9-15)19(23)21-17-6-2-3-7-18(17)22-12-4-5-13-22/h8-11,14,17-18H,2-7,12-13H2,1H3,(H,21,23). The second-order valence-corrected chi connectivity index (χ2v) is 7.90. The molecule has 0 spiro atoms. The lowest BCUT2D eigenvalue weighted by Crippen LogP contribution is -2.53. The highest BCUT2D eigenvalue weighted by molar-refractivity contribution is 9.10. The summed E-state index contributed by atoms with van der Waals surface area (Å²) in [7, 11) is 0. The van der Waals surface area contributed by atoms with Crippen molar-refractivity contribution in [2.45, 2.75) is 63.5 Å². The summed E-state index contributed by atoms with van der Waals surface area (Å²) in [5.74, 6) is 0.0765. The summed E-state index contributed by atoms with van der Waals surface area (Å²) < 4.78 is 1.05. The van der Waals surface area contributed by atoms with Gasteiger partial charge < -0.3 is 5.32 Å². The minimum Gasteiger partial charge on any atom is -0.351 e. The molecule has 3 rings (SSSR count). The number of rotatable bonds is 4. The van der Waals surface area contributed by atoms with E-state index in [0.717, 1.165) is 16.5 Å². The molecule has 1 amide bonds. The number of benzene rings is 1. The van der Waals surface area contributed by atoms with Crippen LogP contribution in [0.3, 0.4) is 0 Å². The third kappa shape index (κ3) is 4.16. The van der Waals surface area contributed by atoms with Gasteiger partial charge in [-0.25, -0.2) is 0 Å². The van der Waals surface area contributed by atoms with E-state index in [1.165, 1.54) is 45.2 Å². The summed E-state index contributed by atoms with van der Waals surface area (Å²) in [6.45, 7) is 4.42. The highest BCUT2D eigenvalue weighted by Crippen LogP contribution is 2.27. The first-order valence-corrected chi connectivity index (χ1v) is 9.74. The van der Waals surface area contributed by atoms with Crippen molar-refractivity contribution in [3.63, 3.8) is 0 Å². The molecule has 126 valence electrons. The Labute approximate surface area is 148 Å². The Bertz CT molecular complexity index is 525. The minimum atomic E-state index is -0.0933. The van der Waals surface area contributed by atoms with Crippen LogP contribution >= 0.6 is 15.9 Å². The maximum atomic E-state index is 12.7. The third-order valence-electron chi connectivity index (χ3n) is 5.43. The summed E-state index contributed by atoms with van der Waals surface area (Å²) in [4.78, 5) is 15.3. The van der Waals surface area contributed by atoms with Crippen molar-refractivity contribution in [1.29, 1.82) is 0 Å². The van der Waals surface area contributed by atoms with Gasteiger partial charge in [-0.15, -0.1) is 0 Å². The average Bonchev–Trinajstić information content (AvgIpc) is 3.09. The number of hydrogen-bond donors (Lipinski definition) is 1. The largest absolute Gasteiger partial charge is 0.351 e. The predicted molar refractivity (Wildman–Crippen MR) is 97.6 cm³/mol. The van der Waals surface area contributed by atoms with Crippen LogP contribution in [0, 0.1) is 0 Å². The monoisotopic (exact) mass is 378 g/mol. The molecule has 0 radical (unpaired) electrons. The van der Waals surface area contributed by atoms with Crippen LogP contribution in [0.4, 0.5) is 0 Å². The molecule has 1 aromatic rings. The van der Waals surface area contributed by atoms with Gasteiger partial charge in [0.25, 0.3) is 0 Å². The van der Waals surface area contributed by atoms with Crippen LogP contribution in [0.1, 0.15) is 56.9 Å². The van der Waals surface area contributed by atoms with E-state index in [1.54, 1.807) is 0 Å². The molecule has 1 aliphatic heterocycles. The zero-order valence-electron chi connectivity index (χ0n) is 13.9. The first kappa shape index (κ1) is 17.0. The summed E-state index contributed by atoms with van der Waals surface area (Å²) in [5, 5.41) is 3.37. The third-order valence-corrected chi connectivity index (χ3v) is 5.96. The van der Waals surface area contributed by atoms with Crippen molar-refractivity contribution < 1.29 is 4.79 Å². The fraction of sp³-hybridized carbons (Fsp3) is 0.632. The van der Waals surface area contributed by atoms with Crippen LogP contribution in [0.5, 0.6) is 0 Å². The molecule has 3 nitrogen and oxygen atoms in total. The van der Waals surface area contributed by atoms with Gasteiger partial charge in [0, 0.05) is 16.6 Å². The Morgan fingerprint density at radius 3 is 2.48 bits per heavy atom. The van der Waals surface area contributed by atoms with Gasteiger partial charge >= 0.3 is 0 Å². The molecule has 4 heteroatoms. The van der Waals surface area contributed by atoms with Crippen LogP contribution in [0.15, 0.2) is 28.7 Å². The van der Waals surface area contributed by atoms with Crippen molar-refractivity contribution in [1.82, 2.24) is 10.2 Å². The van der Waals surface area contributed by atoms with Gasteiger partial charge in [-0.05, 0) is 63.4 Å². The first-order valence-electron chi connectivity index (χ1n) is 8.95. The van der Waals surface area contributed by atoms with E-state index >= 15 is 0 Å². The number of amides is 1. The van der Waals surface area contributed by atoms with Gasteiger partial charge in [0.1, 0.15) is 0 Å². The molecule has 0 aromatic heterocycles. The SMILES string of the molecule is CC(C(=O)NC1CCCCC1N1CCCC1)c1ccc(Br)cc1. The lowest BCUT2D eigenvalue weighted by Gasteiger charge is -2.38. The fourth-order valence-corrected chi connectivity index (χ4v) is 4.26. The zero-order chi connectivity index (χ0) is 16.2. The number of nitrogens with zero attached hydrogens (tertiary/aromatic N) is 1. The van der Waals surface area contributed by atoms with Crippen molar-refractivity contribution in [3.8, 4) is 0 Å². The molecule has 2 fully saturated rings. The maximum absolute atomic E-state index is 12.7. The molecule has 1 saturated heterocycles. The van der Waals surface area contributed by atoms with E-state index in [1.807, 2.05) is 31.2 Å². The second-order valence-electron chi connectivity index (χ2n) is 6.98. The van der Waals surface area contributed by atoms with Gasteiger partial charge in [0.2, 0.25) is 5.91 Å². The highest BCUT2D eigenvalue weighted by Gasteiger charge is 2.33. The smallest absolute Gasteiger partial charge is 0.227 e. The Morgan fingerprint density at radius 2 is 1.78 bits per heavy atom. The Balaban J connectivity index is 1.63. The Hall–Kier alpha value is -0.870. The van der Waals surface area contributed by atoms with E-state index in [9.17, 15) is 4.79 Å². The molecule has 1 N–H and O–H groups in total. The molecule has 1 aliphatic carbocycles. The lowest BCUT2D eigenvalue weighted by atomic mass is 9.88. The number of carbonyl (C=O) groups is 1. The van der Waals surface area contributed by atoms with E-state index in [0.29, 0.717) is 12.1 Å². The van der Waals surface area contributed by atoms with Crippen LogP contribution in [0.2, 0.25) is 0 Å². The average molecular weight is 379 g/mol. The molecule has 3 unspecified atom stereocenters. The van der Waals surface area contributed by atoms with Gasteiger partial charge in [-0.2, -0.15) is 0 Å². The van der Waals surface area contributed by atoms with Crippen LogP contribution in [-0.2, 0) is 4.79 Å². The quantitative estimate of drug-likeness (QED) is 0.855. The van der Waals surface area contributed by atoms with E-state index in [2.05, 4.69) is 26.1 Å². The summed E-state index contributed by atoms with van der Waals surface area (Å²) in [6.07, 6.45) is 7.52. The first-order chi connectivity index (χ1) is 11.1. The molecular formula is C19H27BrN2O. The molecule has 2 aliphatic rings.